The van der Waals surface area contributed by atoms with E-state index in [0.717, 1.165) is 27.2 Å². The molecule has 0 bridgehead atoms. The summed E-state index contributed by atoms with van der Waals surface area (Å²) >= 11 is 3.47. The highest BCUT2D eigenvalue weighted by atomic mass is 79.9. The Hall–Kier alpha value is -1.94. The summed E-state index contributed by atoms with van der Waals surface area (Å²) in [7, 11) is 1.66. The minimum Gasteiger partial charge on any atom is -0.495 e. The van der Waals surface area contributed by atoms with Crippen LogP contribution in [0, 0.1) is 0 Å². The predicted molar refractivity (Wildman–Crippen MR) is 90.2 cm³/mol. The highest BCUT2D eigenvalue weighted by Gasteiger charge is 2.06. The molecule has 0 aliphatic heterocycles. The SMILES string of the molecule is C=CCOc1ccccc1CNc1cc(Br)ccc1OC. The topological polar surface area (TPSA) is 30.5 Å². The van der Waals surface area contributed by atoms with Crippen molar-refractivity contribution in [3.8, 4) is 11.5 Å². The lowest BCUT2D eigenvalue weighted by molar-refractivity contribution is 0.359. The number of hydrogen-bond donors (Lipinski definition) is 1. The Morgan fingerprint density at radius 1 is 1.19 bits per heavy atom. The second-order valence-electron chi connectivity index (χ2n) is 4.41. The minimum absolute atomic E-state index is 0.497. The van der Waals surface area contributed by atoms with Crippen LogP contribution in [0.4, 0.5) is 5.69 Å². The van der Waals surface area contributed by atoms with E-state index in [0.29, 0.717) is 13.2 Å². The van der Waals surface area contributed by atoms with Crippen LogP contribution in [0.25, 0.3) is 0 Å². The molecule has 0 fully saturated rings. The maximum absolute atomic E-state index is 5.66. The molecular weight excluding hydrogens is 330 g/mol. The monoisotopic (exact) mass is 347 g/mol. The van der Waals surface area contributed by atoms with Gasteiger partial charge in [0.15, 0.2) is 0 Å². The van der Waals surface area contributed by atoms with E-state index in [1.165, 1.54) is 0 Å². The number of rotatable bonds is 7. The number of anilines is 1. The van der Waals surface area contributed by atoms with Crippen molar-refractivity contribution in [2.75, 3.05) is 19.0 Å². The summed E-state index contributed by atoms with van der Waals surface area (Å²) in [5, 5.41) is 3.38. The first-order valence-electron chi connectivity index (χ1n) is 6.63. The van der Waals surface area contributed by atoms with E-state index in [1.54, 1.807) is 13.2 Å². The number of para-hydroxylation sites is 1. The summed E-state index contributed by atoms with van der Waals surface area (Å²) in [5.41, 5.74) is 2.02. The van der Waals surface area contributed by atoms with Crippen molar-refractivity contribution in [3.63, 3.8) is 0 Å². The highest BCUT2D eigenvalue weighted by molar-refractivity contribution is 9.10. The van der Waals surface area contributed by atoms with Crippen LogP contribution in [0.5, 0.6) is 11.5 Å². The molecule has 3 nitrogen and oxygen atoms in total. The molecule has 21 heavy (non-hydrogen) atoms. The third kappa shape index (κ3) is 4.26. The molecule has 0 heterocycles. The van der Waals surface area contributed by atoms with E-state index in [9.17, 15) is 0 Å². The van der Waals surface area contributed by atoms with E-state index < -0.39 is 0 Å². The van der Waals surface area contributed by atoms with Gasteiger partial charge in [-0.2, -0.15) is 0 Å². The quantitative estimate of drug-likeness (QED) is 0.740. The van der Waals surface area contributed by atoms with Crippen molar-refractivity contribution in [1.29, 1.82) is 0 Å². The van der Waals surface area contributed by atoms with Crippen LogP contribution in [0.3, 0.4) is 0 Å². The Balaban J connectivity index is 2.13. The molecule has 2 aromatic rings. The van der Waals surface area contributed by atoms with Gasteiger partial charge in [-0.05, 0) is 24.3 Å². The molecule has 0 radical (unpaired) electrons. The van der Waals surface area contributed by atoms with Crippen molar-refractivity contribution in [2.24, 2.45) is 0 Å². The molecule has 0 aliphatic rings. The van der Waals surface area contributed by atoms with Crippen molar-refractivity contribution in [1.82, 2.24) is 0 Å². The Morgan fingerprint density at radius 3 is 2.76 bits per heavy atom. The van der Waals surface area contributed by atoms with Gasteiger partial charge in [0.25, 0.3) is 0 Å². The second kappa shape index (κ2) is 7.74. The van der Waals surface area contributed by atoms with Gasteiger partial charge in [-0.3, -0.25) is 0 Å². The van der Waals surface area contributed by atoms with E-state index in [4.69, 9.17) is 9.47 Å². The second-order valence-corrected chi connectivity index (χ2v) is 5.32. The van der Waals surface area contributed by atoms with Gasteiger partial charge in [0.2, 0.25) is 0 Å². The standard InChI is InChI=1S/C17H18BrNO2/c1-3-10-21-16-7-5-4-6-13(16)12-19-15-11-14(18)8-9-17(15)20-2/h3-9,11,19H,1,10,12H2,2H3. The lowest BCUT2D eigenvalue weighted by Gasteiger charge is -2.14. The molecule has 110 valence electrons. The number of ether oxygens (including phenoxy) is 2. The van der Waals surface area contributed by atoms with Crippen LogP contribution < -0.4 is 14.8 Å². The fraction of sp³-hybridized carbons (Fsp3) is 0.176. The molecule has 0 saturated carbocycles. The maximum Gasteiger partial charge on any atom is 0.142 e. The van der Waals surface area contributed by atoms with Crippen LogP contribution in [0.15, 0.2) is 59.6 Å². The van der Waals surface area contributed by atoms with Crippen LogP contribution >= 0.6 is 15.9 Å². The lowest BCUT2D eigenvalue weighted by Crippen LogP contribution is -2.04. The number of hydrogen-bond acceptors (Lipinski definition) is 3. The summed E-state index contributed by atoms with van der Waals surface area (Å²) in [4.78, 5) is 0. The van der Waals surface area contributed by atoms with Crippen LogP contribution in [-0.4, -0.2) is 13.7 Å². The summed E-state index contributed by atoms with van der Waals surface area (Å²) < 4.78 is 12.0. The molecule has 0 unspecified atom stereocenters. The van der Waals surface area contributed by atoms with Gasteiger partial charge in [-0.25, -0.2) is 0 Å². The van der Waals surface area contributed by atoms with Gasteiger partial charge in [-0.15, -0.1) is 0 Å². The van der Waals surface area contributed by atoms with E-state index >= 15 is 0 Å². The number of nitrogens with one attached hydrogen (secondary N) is 1. The van der Waals surface area contributed by atoms with Crippen LogP contribution in [0.1, 0.15) is 5.56 Å². The third-order valence-corrected chi connectivity index (χ3v) is 3.45. The zero-order valence-electron chi connectivity index (χ0n) is 11.9. The van der Waals surface area contributed by atoms with Gasteiger partial charge in [-0.1, -0.05) is 46.8 Å². The molecule has 1 N–H and O–H groups in total. The van der Waals surface area contributed by atoms with Crippen molar-refractivity contribution < 1.29 is 9.47 Å². The van der Waals surface area contributed by atoms with Crippen molar-refractivity contribution in [2.45, 2.75) is 6.54 Å². The largest absolute Gasteiger partial charge is 0.495 e. The molecule has 0 saturated heterocycles. The predicted octanol–water partition coefficient (Wildman–Crippen LogP) is 4.63. The maximum atomic E-state index is 5.66. The molecule has 4 heteroatoms. The Kier molecular flexibility index (Phi) is 5.69. The first kappa shape index (κ1) is 15.4. The third-order valence-electron chi connectivity index (χ3n) is 2.96. The number of methoxy groups -OCH3 is 1. The van der Waals surface area contributed by atoms with Crippen LogP contribution in [0.2, 0.25) is 0 Å². The average Bonchev–Trinajstić information content (AvgIpc) is 2.52. The lowest BCUT2D eigenvalue weighted by atomic mass is 10.2. The number of benzene rings is 2. The Bertz CT molecular complexity index is 613. The Morgan fingerprint density at radius 2 is 2.00 bits per heavy atom. The highest BCUT2D eigenvalue weighted by Crippen LogP contribution is 2.29. The summed E-state index contributed by atoms with van der Waals surface area (Å²) in [6.45, 7) is 4.82. The van der Waals surface area contributed by atoms with E-state index in [-0.39, 0.29) is 0 Å². The van der Waals surface area contributed by atoms with Gasteiger partial charge in [0, 0.05) is 16.6 Å². The summed E-state index contributed by atoms with van der Waals surface area (Å²) in [5.74, 6) is 1.67. The van der Waals surface area contributed by atoms with E-state index in [1.807, 2.05) is 42.5 Å². The molecule has 2 aromatic carbocycles. The van der Waals surface area contributed by atoms with Gasteiger partial charge >= 0.3 is 0 Å². The summed E-state index contributed by atoms with van der Waals surface area (Å²) in [6.07, 6.45) is 1.74. The minimum atomic E-state index is 0.497. The molecule has 0 amide bonds. The first-order valence-corrected chi connectivity index (χ1v) is 7.43. The molecule has 2 rings (SSSR count). The fourth-order valence-corrected chi connectivity index (χ4v) is 2.31. The molecular formula is C17H18BrNO2. The van der Waals surface area contributed by atoms with Crippen LogP contribution in [-0.2, 0) is 6.54 Å². The zero-order chi connectivity index (χ0) is 15.1. The summed E-state index contributed by atoms with van der Waals surface area (Å²) in [6, 6.07) is 13.8. The van der Waals surface area contributed by atoms with E-state index in [2.05, 4.69) is 27.8 Å². The number of halogens is 1. The van der Waals surface area contributed by atoms with Gasteiger partial charge < -0.3 is 14.8 Å². The Labute approximate surface area is 133 Å². The normalized spacial score (nSPS) is 10.0. The molecule has 0 atom stereocenters. The van der Waals surface area contributed by atoms with Gasteiger partial charge in [0.1, 0.15) is 18.1 Å². The molecule has 0 aliphatic carbocycles. The first-order chi connectivity index (χ1) is 10.2. The molecule has 0 aromatic heterocycles. The van der Waals surface area contributed by atoms with Gasteiger partial charge in [0.05, 0.1) is 12.8 Å². The fourth-order valence-electron chi connectivity index (χ4n) is 1.95. The smallest absolute Gasteiger partial charge is 0.142 e. The van der Waals surface area contributed by atoms with Crippen molar-refractivity contribution in [3.05, 3.63) is 65.2 Å². The zero-order valence-corrected chi connectivity index (χ0v) is 13.5. The molecule has 0 spiro atoms. The van der Waals surface area contributed by atoms with Crippen molar-refractivity contribution >= 4 is 21.6 Å². The average molecular weight is 348 g/mol.